The molecule has 0 saturated heterocycles. The van der Waals surface area contributed by atoms with Gasteiger partial charge in [-0.05, 0) is 194 Å². The molecule has 10 rings (SSSR count). The minimum atomic E-state index is -0.337. The van der Waals surface area contributed by atoms with Crippen molar-refractivity contribution in [2.24, 2.45) is 11.8 Å². The Bertz CT molecular complexity index is 2390. The Hall–Kier alpha value is -5.88. The van der Waals surface area contributed by atoms with Gasteiger partial charge in [0, 0.05) is 23.0 Å². The van der Waals surface area contributed by atoms with Gasteiger partial charge in [-0.15, -0.1) is 0 Å². The Morgan fingerprint density at radius 2 is 0.700 bits per heavy atom. The van der Waals surface area contributed by atoms with Crippen LogP contribution in [0, 0.1) is 53.4 Å². The molecule has 6 heteroatoms. The van der Waals surface area contributed by atoms with Crippen LogP contribution in [0.5, 0.6) is 34.5 Å². The van der Waals surface area contributed by atoms with E-state index in [1.165, 1.54) is 17.5 Å². The second-order valence-electron chi connectivity index (χ2n) is 19.0. The molecule has 6 aromatic rings. The van der Waals surface area contributed by atoms with Gasteiger partial charge in [-0.1, -0.05) is 72.8 Å². The zero-order valence-corrected chi connectivity index (χ0v) is 35.5. The van der Waals surface area contributed by atoms with Gasteiger partial charge in [-0.2, -0.15) is 0 Å². The maximum atomic E-state index is 12.0. The average Bonchev–Trinajstić information content (AvgIpc) is 3.20. The lowest BCUT2D eigenvalue weighted by Crippen LogP contribution is -2.56. The van der Waals surface area contributed by atoms with Crippen LogP contribution in [0.2, 0.25) is 0 Å². The molecule has 0 radical (unpaired) electrons. The summed E-state index contributed by atoms with van der Waals surface area (Å²) in [6, 6.07) is 31.6. The molecule has 0 unspecified atom stereocenters. The second-order valence-corrected chi connectivity index (χ2v) is 19.0. The molecule has 0 aromatic heterocycles. The Labute approximate surface area is 353 Å². The number of benzene rings is 6. The largest absolute Gasteiger partial charge is 0.508 e. The molecule has 4 aliphatic rings. The third kappa shape index (κ3) is 6.56. The van der Waals surface area contributed by atoms with Crippen LogP contribution in [0.25, 0.3) is 0 Å². The summed E-state index contributed by atoms with van der Waals surface area (Å²) in [6.07, 6.45) is 6.51. The maximum Gasteiger partial charge on any atom is 0.122 e. The van der Waals surface area contributed by atoms with Crippen molar-refractivity contribution in [2.75, 3.05) is 0 Å². The summed E-state index contributed by atoms with van der Waals surface area (Å²) in [5, 5.41) is 66.1. The average molecular weight is 801 g/mol. The molecule has 308 valence electrons. The molecule has 60 heavy (non-hydrogen) atoms. The number of hydrogen-bond acceptors (Lipinski definition) is 6. The van der Waals surface area contributed by atoms with E-state index in [2.05, 4.69) is 24.3 Å². The first-order chi connectivity index (χ1) is 28.5. The van der Waals surface area contributed by atoms with E-state index in [1.54, 1.807) is 24.3 Å². The van der Waals surface area contributed by atoms with Gasteiger partial charge in [0.1, 0.15) is 34.5 Å². The van der Waals surface area contributed by atoms with Crippen LogP contribution in [0.15, 0.2) is 97.1 Å². The van der Waals surface area contributed by atoms with Crippen LogP contribution in [0.1, 0.15) is 128 Å². The summed E-state index contributed by atoms with van der Waals surface area (Å²) in [5.41, 5.74) is 12.5. The van der Waals surface area contributed by atoms with E-state index >= 15 is 0 Å². The van der Waals surface area contributed by atoms with E-state index in [1.807, 2.05) is 90.1 Å². The van der Waals surface area contributed by atoms with E-state index in [-0.39, 0.29) is 57.2 Å². The molecule has 6 N–H and O–H groups in total. The summed E-state index contributed by atoms with van der Waals surface area (Å²) in [6.45, 7) is 11.6. The van der Waals surface area contributed by atoms with Crippen LogP contribution < -0.4 is 0 Å². The highest BCUT2D eigenvalue weighted by atomic mass is 16.3. The maximum absolute atomic E-state index is 12.0. The molecule has 6 aromatic carbocycles. The second kappa shape index (κ2) is 14.4. The van der Waals surface area contributed by atoms with Crippen molar-refractivity contribution in [1.82, 2.24) is 0 Å². The fourth-order valence-corrected chi connectivity index (χ4v) is 12.1. The van der Waals surface area contributed by atoms with Crippen LogP contribution in [-0.4, -0.2) is 30.6 Å². The topological polar surface area (TPSA) is 121 Å². The Balaban J connectivity index is 1.19. The van der Waals surface area contributed by atoms with Gasteiger partial charge in [0.05, 0.1) is 0 Å². The van der Waals surface area contributed by atoms with E-state index in [0.717, 1.165) is 98.9 Å². The van der Waals surface area contributed by atoms with Crippen LogP contribution in [0.4, 0.5) is 0 Å². The predicted molar refractivity (Wildman–Crippen MR) is 237 cm³/mol. The summed E-state index contributed by atoms with van der Waals surface area (Å²) >= 11 is 0. The number of rotatable bonds is 8. The number of aryl methyl sites for hydroxylation is 6. The van der Waals surface area contributed by atoms with Crippen molar-refractivity contribution in [2.45, 2.75) is 103 Å². The summed E-state index contributed by atoms with van der Waals surface area (Å²) in [5.74, 6) is 1.82. The first-order valence-electron chi connectivity index (χ1n) is 21.4. The monoisotopic (exact) mass is 800 g/mol. The van der Waals surface area contributed by atoms with E-state index in [4.69, 9.17) is 0 Å². The third-order valence-corrected chi connectivity index (χ3v) is 14.8. The lowest BCUT2D eigenvalue weighted by Gasteiger charge is -2.63. The van der Waals surface area contributed by atoms with Gasteiger partial charge in [0.15, 0.2) is 0 Å². The highest BCUT2D eigenvalue weighted by molar-refractivity contribution is 5.59. The molecule has 6 nitrogen and oxygen atoms in total. The van der Waals surface area contributed by atoms with Crippen LogP contribution >= 0.6 is 0 Å². The molecule has 4 aliphatic carbocycles. The molecule has 4 fully saturated rings. The minimum absolute atomic E-state index is 0.120. The van der Waals surface area contributed by atoms with Gasteiger partial charge in [0.2, 0.25) is 0 Å². The van der Waals surface area contributed by atoms with Crippen molar-refractivity contribution < 1.29 is 30.6 Å². The third-order valence-electron chi connectivity index (χ3n) is 14.8. The van der Waals surface area contributed by atoms with Gasteiger partial charge in [-0.25, -0.2) is 0 Å². The molecule has 0 atom stereocenters. The van der Waals surface area contributed by atoms with Crippen molar-refractivity contribution in [3.63, 3.8) is 0 Å². The number of aromatic hydroxyl groups is 6. The van der Waals surface area contributed by atoms with Crippen molar-refractivity contribution in [3.8, 4) is 34.5 Å². The van der Waals surface area contributed by atoms with Crippen molar-refractivity contribution in [3.05, 3.63) is 175 Å². The predicted octanol–water partition coefficient (Wildman–Crippen LogP) is 11.9. The lowest BCUT2D eigenvalue weighted by atomic mass is 9.41. The molecule has 0 heterocycles. The Kier molecular flexibility index (Phi) is 9.49. The summed E-state index contributed by atoms with van der Waals surface area (Å²) < 4.78 is 0. The summed E-state index contributed by atoms with van der Waals surface area (Å²) in [7, 11) is 0. The molecule has 4 saturated carbocycles. The van der Waals surface area contributed by atoms with Gasteiger partial charge in [-0.3, -0.25) is 0 Å². The normalized spacial score (nSPS) is 21.9. The Morgan fingerprint density at radius 3 is 0.983 bits per heavy atom. The molecule has 4 bridgehead atoms. The first-order valence-corrected chi connectivity index (χ1v) is 21.4. The summed E-state index contributed by atoms with van der Waals surface area (Å²) in [4.78, 5) is 0. The number of phenolic OH excluding ortho intramolecular Hbond substituents is 6. The van der Waals surface area contributed by atoms with Gasteiger partial charge in [0.25, 0.3) is 0 Å². The molecule has 0 spiro atoms. The molecular formula is C54H56O6. The fourth-order valence-electron chi connectivity index (χ4n) is 12.1. The van der Waals surface area contributed by atoms with E-state index < -0.39 is 0 Å². The SMILES string of the molecule is Cc1cc(C(c2ccc(O)c(C)c2)c2cc(C34CC5CC(C3)CC(c3cc(C)c(O)c(C(c6ccc(O)c(C)c6)c6ccc(O)c(C)c6)c3)(C5)C4)cc(C)c2O)ccc1O. The standard InChI is InChI=1S/C54H56O6/c1-29-15-37(7-11-45(29)55)49(38-8-12-46(56)30(2)16-38)43-22-41(19-33(5)51(43)59)53-24-35-21-36(25-53)27-54(26-35,28-53)42-20-34(6)52(60)44(23-42)50(39-9-13-47(57)31(3)17-39)40-10-14-48(58)32(4)18-40/h7-20,22-23,35-36,49-50,55-60H,21,24-28H2,1-6H3. The van der Waals surface area contributed by atoms with Gasteiger partial charge < -0.3 is 30.6 Å². The van der Waals surface area contributed by atoms with E-state index in [9.17, 15) is 30.6 Å². The molecule has 0 amide bonds. The van der Waals surface area contributed by atoms with E-state index in [0.29, 0.717) is 11.8 Å². The van der Waals surface area contributed by atoms with Crippen molar-refractivity contribution in [1.29, 1.82) is 0 Å². The number of hydrogen-bond donors (Lipinski definition) is 6. The van der Waals surface area contributed by atoms with Crippen LogP contribution in [-0.2, 0) is 10.8 Å². The molecular weight excluding hydrogens is 745 g/mol. The minimum Gasteiger partial charge on any atom is -0.508 e. The fraction of sp³-hybridized carbons (Fsp3) is 0.333. The zero-order valence-electron chi connectivity index (χ0n) is 35.5. The van der Waals surface area contributed by atoms with Crippen LogP contribution in [0.3, 0.4) is 0 Å². The Morgan fingerprint density at radius 1 is 0.400 bits per heavy atom. The molecule has 0 aliphatic heterocycles. The zero-order chi connectivity index (χ0) is 42.4. The number of phenols is 6. The van der Waals surface area contributed by atoms with Gasteiger partial charge >= 0.3 is 0 Å². The van der Waals surface area contributed by atoms with Crippen molar-refractivity contribution >= 4 is 0 Å². The smallest absolute Gasteiger partial charge is 0.122 e. The lowest BCUT2D eigenvalue weighted by molar-refractivity contribution is -0.0282. The first kappa shape index (κ1) is 39.6. The highest BCUT2D eigenvalue weighted by Crippen LogP contribution is 2.67. The highest BCUT2D eigenvalue weighted by Gasteiger charge is 2.59. The quantitative estimate of drug-likeness (QED) is 0.0853.